The van der Waals surface area contributed by atoms with E-state index in [9.17, 15) is 4.79 Å². The number of halogens is 1. The van der Waals surface area contributed by atoms with Crippen LogP contribution in [0.1, 0.15) is 57.8 Å². The van der Waals surface area contributed by atoms with Gasteiger partial charge in [0.2, 0.25) is 5.91 Å². The van der Waals surface area contributed by atoms with Crippen molar-refractivity contribution in [1.82, 2.24) is 10.2 Å². The van der Waals surface area contributed by atoms with Crippen molar-refractivity contribution in [2.75, 3.05) is 13.1 Å². The highest BCUT2D eigenvalue weighted by Gasteiger charge is 2.35. The van der Waals surface area contributed by atoms with Crippen LogP contribution in [-0.2, 0) is 4.79 Å². The highest BCUT2D eigenvalue weighted by molar-refractivity contribution is 5.85. The van der Waals surface area contributed by atoms with Crippen LogP contribution in [-0.4, -0.2) is 42.0 Å². The molecule has 1 aliphatic heterocycles. The van der Waals surface area contributed by atoms with Gasteiger partial charge < -0.3 is 11.1 Å². The van der Waals surface area contributed by atoms with E-state index in [0.717, 1.165) is 32.0 Å². The molecule has 1 saturated heterocycles. The number of nitrogens with two attached hydrogens (primary N) is 1. The highest BCUT2D eigenvalue weighted by Crippen LogP contribution is 2.30. The molecule has 1 heterocycles. The predicted molar refractivity (Wildman–Crippen MR) is 87.6 cm³/mol. The summed E-state index contributed by atoms with van der Waals surface area (Å²) in [6, 6.07) is 0.849. The van der Waals surface area contributed by atoms with Crippen molar-refractivity contribution in [1.29, 1.82) is 0 Å². The van der Waals surface area contributed by atoms with E-state index in [4.69, 9.17) is 5.73 Å². The van der Waals surface area contributed by atoms with Crippen LogP contribution >= 0.6 is 12.4 Å². The summed E-state index contributed by atoms with van der Waals surface area (Å²) in [4.78, 5) is 14.7. The Bertz CT molecular complexity index is 342. The standard InChI is InChI=1S/C16H29N3O.ClH/c17-15(10-12-4-2-1-3-5-12)16(20)18-13-8-9-19(11-13)14-6-7-14;/h12-15H,1-11,17H2,(H,18,20);1H. The SMILES string of the molecule is Cl.NC(CC1CCCCC1)C(=O)NC1CCN(C2CC2)C1. The molecule has 5 heteroatoms. The first-order chi connectivity index (χ1) is 9.72. The molecule has 2 aliphatic carbocycles. The van der Waals surface area contributed by atoms with E-state index in [1.54, 1.807) is 0 Å². The molecule has 1 amide bonds. The summed E-state index contributed by atoms with van der Waals surface area (Å²) in [6.07, 6.45) is 11.2. The molecule has 0 radical (unpaired) electrons. The lowest BCUT2D eigenvalue weighted by Gasteiger charge is -2.25. The zero-order valence-electron chi connectivity index (χ0n) is 12.9. The average Bonchev–Trinajstić information content (AvgIpc) is 3.20. The quantitative estimate of drug-likeness (QED) is 0.816. The third-order valence-electron chi connectivity index (χ3n) is 5.28. The molecule has 3 aliphatic rings. The molecule has 122 valence electrons. The monoisotopic (exact) mass is 315 g/mol. The molecule has 3 fully saturated rings. The van der Waals surface area contributed by atoms with E-state index in [-0.39, 0.29) is 24.4 Å². The Morgan fingerprint density at radius 1 is 1.14 bits per heavy atom. The second kappa shape index (κ2) is 7.80. The fourth-order valence-corrected chi connectivity index (χ4v) is 3.87. The number of nitrogens with zero attached hydrogens (tertiary/aromatic N) is 1. The van der Waals surface area contributed by atoms with E-state index in [1.807, 2.05) is 0 Å². The fourth-order valence-electron chi connectivity index (χ4n) is 3.87. The molecular weight excluding hydrogens is 286 g/mol. The third-order valence-corrected chi connectivity index (χ3v) is 5.28. The van der Waals surface area contributed by atoms with E-state index in [1.165, 1.54) is 44.9 Å². The van der Waals surface area contributed by atoms with Crippen LogP contribution in [0.3, 0.4) is 0 Å². The molecule has 0 aromatic carbocycles. The van der Waals surface area contributed by atoms with Crippen molar-refractivity contribution in [2.45, 2.75) is 75.9 Å². The van der Waals surface area contributed by atoms with Gasteiger partial charge in [-0.1, -0.05) is 32.1 Å². The number of rotatable bonds is 5. The van der Waals surface area contributed by atoms with Crippen LogP contribution in [0.2, 0.25) is 0 Å². The fraction of sp³-hybridized carbons (Fsp3) is 0.938. The molecule has 3 rings (SSSR count). The Balaban J connectivity index is 0.00000161. The number of amides is 1. The zero-order chi connectivity index (χ0) is 13.9. The van der Waals surface area contributed by atoms with Gasteiger partial charge in [-0.15, -0.1) is 12.4 Å². The van der Waals surface area contributed by atoms with Crippen molar-refractivity contribution in [3.63, 3.8) is 0 Å². The maximum absolute atomic E-state index is 12.2. The summed E-state index contributed by atoms with van der Waals surface area (Å²) < 4.78 is 0. The first kappa shape index (κ1) is 17.0. The number of carbonyl (C=O) groups excluding carboxylic acids is 1. The molecule has 2 saturated carbocycles. The lowest BCUT2D eigenvalue weighted by atomic mass is 9.85. The Kier molecular flexibility index (Phi) is 6.33. The van der Waals surface area contributed by atoms with Gasteiger partial charge in [0.05, 0.1) is 6.04 Å². The zero-order valence-corrected chi connectivity index (χ0v) is 13.7. The summed E-state index contributed by atoms with van der Waals surface area (Å²) in [6.45, 7) is 2.18. The molecule has 0 aromatic heterocycles. The normalized spacial score (nSPS) is 28.9. The molecule has 0 bridgehead atoms. The Morgan fingerprint density at radius 3 is 2.52 bits per heavy atom. The van der Waals surface area contributed by atoms with E-state index in [2.05, 4.69) is 10.2 Å². The lowest BCUT2D eigenvalue weighted by Crippen LogP contribution is -2.47. The molecule has 21 heavy (non-hydrogen) atoms. The van der Waals surface area contributed by atoms with Crippen molar-refractivity contribution in [3.8, 4) is 0 Å². The topological polar surface area (TPSA) is 58.4 Å². The molecule has 2 atom stereocenters. The number of carbonyl (C=O) groups is 1. The largest absolute Gasteiger partial charge is 0.351 e. The van der Waals surface area contributed by atoms with Gasteiger partial charge in [-0.3, -0.25) is 9.69 Å². The summed E-state index contributed by atoms with van der Waals surface area (Å²) in [7, 11) is 0. The molecule has 0 spiro atoms. The van der Waals surface area contributed by atoms with Crippen molar-refractivity contribution < 1.29 is 4.79 Å². The summed E-state index contributed by atoms with van der Waals surface area (Å²) >= 11 is 0. The summed E-state index contributed by atoms with van der Waals surface area (Å²) in [5.41, 5.74) is 6.11. The molecule has 0 aromatic rings. The van der Waals surface area contributed by atoms with Gasteiger partial charge in [-0.2, -0.15) is 0 Å². The second-order valence-corrected chi connectivity index (χ2v) is 7.07. The first-order valence-corrected chi connectivity index (χ1v) is 8.52. The highest BCUT2D eigenvalue weighted by atomic mass is 35.5. The minimum atomic E-state index is -0.298. The van der Waals surface area contributed by atoms with Crippen molar-refractivity contribution >= 4 is 18.3 Å². The minimum absolute atomic E-state index is 0. The second-order valence-electron chi connectivity index (χ2n) is 7.07. The molecular formula is C16H30ClN3O. The Morgan fingerprint density at radius 2 is 1.86 bits per heavy atom. The summed E-state index contributed by atoms with van der Waals surface area (Å²) in [5.74, 6) is 0.759. The summed E-state index contributed by atoms with van der Waals surface area (Å²) in [5, 5.41) is 3.18. The average molecular weight is 316 g/mol. The van der Waals surface area contributed by atoms with Crippen molar-refractivity contribution in [3.05, 3.63) is 0 Å². The number of hydrogen-bond donors (Lipinski definition) is 2. The molecule has 3 N–H and O–H groups in total. The minimum Gasteiger partial charge on any atom is -0.351 e. The van der Waals surface area contributed by atoms with Crippen LogP contribution in [0.5, 0.6) is 0 Å². The van der Waals surface area contributed by atoms with Gasteiger partial charge in [0.25, 0.3) is 0 Å². The van der Waals surface area contributed by atoms with Crippen LogP contribution in [0.15, 0.2) is 0 Å². The Labute approximate surface area is 134 Å². The molecule has 4 nitrogen and oxygen atoms in total. The first-order valence-electron chi connectivity index (χ1n) is 8.52. The Hall–Kier alpha value is -0.320. The van der Waals surface area contributed by atoms with E-state index in [0.29, 0.717) is 12.0 Å². The van der Waals surface area contributed by atoms with Gasteiger partial charge in [0.1, 0.15) is 0 Å². The van der Waals surface area contributed by atoms with Crippen LogP contribution < -0.4 is 11.1 Å². The van der Waals surface area contributed by atoms with Crippen molar-refractivity contribution in [2.24, 2.45) is 11.7 Å². The van der Waals surface area contributed by atoms with Gasteiger partial charge >= 0.3 is 0 Å². The van der Waals surface area contributed by atoms with Crippen LogP contribution in [0.4, 0.5) is 0 Å². The molecule has 2 unspecified atom stereocenters. The van der Waals surface area contributed by atoms with Gasteiger partial charge in [-0.05, 0) is 31.6 Å². The maximum Gasteiger partial charge on any atom is 0.237 e. The van der Waals surface area contributed by atoms with Crippen LogP contribution in [0, 0.1) is 5.92 Å². The van der Waals surface area contributed by atoms with E-state index >= 15 is 0 Å². The number of likely N-dealkylation sites (tertiary alicyclic amines) is 1. The lowest BCUT2D eigenvalue weighted by molar-refractivity contribution is -0.123. The number of nitrogens with one attached hydrogen (secondary N) is 1. The van der Waals surface area contributed by atoms with E-state index < -0.39 is 0 Å². The van der Waals surface area contributed by atoms with Gasteiger partial charge in [-0.25, -0.2) is 0 Å². The van der Waals surface area contributed by atoms with Gasteiger partial charge in [0, 0.05) is 25.2 Å². The third kappa shape index (κ3) is 4.83. The maximum atomic E-state index is 12.2. The van der Waals surface area contributed by atoms with Gasteiger partial charge in [0.15, 0.2) is 0 Å². The number of hydrogen-bond acceptors (Lipinski definition) is 3. The predicted octanol–water partition coefficient (Wildman–Crippen LogP) is 2.06. The smallest absolute Gasteiger partial charge is 0.237 e. The van der Waals surface area contributed by atoms with Crippen LogP contribution in [0.25, 0.3) is 0 Å².